The summed E-state index contributed by atoms with van der Waals surface area (Å²) in [7, 11) is 0. The molecule has 1 saturated carbocycles. The molecule has 0 saturated heterocycles. The molecular weight excluding hydrogens is 207 g/mol. The number of hydrogen-bond acceptors (Lipinski definition) is 2. The van der Waals surface area contributed by atoms with Crippen LogP contribution in [0.1, 0.15) is 26.2 Å². The van der Waals surface area contributed by atoms with Gasteiger partial charge in [-0.2, -0.15) is 0 Å². The molecule has 0 radical (unpaired) electrons. The standard InChI is InChI=1S/C9H12Cl2N2/c1-9(3-2-4-9)13-6-7(10)5-12-8(13)11/h5-6,8H,2-4H2,1H3. The Morgan fingerprint density at radius 1 is 1.62 bits per heavy atom. The van der Waals surface area contributed by atoms with Crippen molar-refractivity contribution < 1.29 is 0 Å². The van der Waals surface area contributed by atoms with Crippen LogP contribution in [0.15, 0.2) is 16.2 Å². The van der Waals surface area contributed by atoms with E-state index in [-0.39, 0.29) is 11.2 Å². The molecule has 2 nitrogen and oxygen atoms in total. The number of alkyl halides is 1. The fourth-order valence-electron chi connectivity index (χ4n) is 1.79. The lowest BCUT2D eigenvalue weighted by Crippen LogP contribution is -2.52. The molecule has 1 aliphatic carbocycles. The first kappa shape index (κ1) is 9.35. The quantitative estimate of drug-likeness (QED) is 0.489. The van der Waals surface area contributed by atoms with Crippen molar-refractivity contribution >= 4 is 29.4 Å². The largest absolute Gasteiger partial charge is 0.337 e. The van der Waals surface area contributed by atoms with E-state index in [0.717, 1.165) is 0 Å². The average molecular weight is 219 g/mol. The lowest BCUT2D eigenvalue weighted by Gasteiger charge is -2.49. The van der Waals surface area contributed by atoms with E-state index in [0.29, 0.717) is 5.03 Å². The van der Waals surface area contributed by atoms with E-state index in [1.807, 2.05) is 6.20 Å². The fraction of sp³-hybridized carbons (Fsp3) is 0.667. The molecule has 0 aromatic rings. The molecule has 13 heavy (non-hydrogen) atoms. The zero-order valence-electron chi connectivity index (χ0n) is 7.50. The van der Waals surface area contributed by atoms with Crippen LogP contribution in [-0.2, 0) is 0 Å². The molecule has 2 rings (SSSR count). The van der Waals surface area contributed by atoms with E-state index >= 15 is 0 Å². The molecule has 0 bridgehead atoms. The SMILES string of the molecule is CC1(N2C=C(Cl)C=NC2Cl)CCC1. The summed E-state index contributed by atoms with van der Waals surface area (Å²) in [6, 6.07) is 0. The van der Waals surface area contributed by atoms with E-state index in [1.165, 1.54) is 19.3 Å². The van der Waals surface area contributed by atoms with E-state index in [2.05, 4.69) is 16.8 Å². The first-order chi connectivity index (χ1) is 6.12. The van der Waals surface area contributed by atoms with E-state index in [1.54, 1.807) is 6.21 Å². The predicted octanol–water partition coefficient (Wildman–Crippen LogP) is 2.92. The van der Waals surface area contributed by atoms with Gasteiger partial charge in [0.25, 0.3) is 0 Å². The monoisotopic (exact) mass is 218 g/mol. The second-order valence-corrected chi connectivity index (χ2v) is 4.69. The van der Waals surface area contributed by atoms with E-state index in [4.69, 9.17) is 23.2 Å². The minimum Gasteiger partial charge on any atom is -0.337 e. The maximum atomic E-state index is 6.07. The summed E-state index contributed by atoms with van der Waals surface area (Å²) in [6.07, 6.45) is 7.12. The van der Waals surface area contributed by atoms with Gasteiger partial charge >= 0.3 is 0 Å². The fourth-order valence-corrected chi connectivity index (χ4v) is 2.30. The lowest BCUT2D eigenvalue weighted by molar-refractivity contribution is 0.0655. The van der Waals surface area contributed by atoms with Gasteiger partial charge < -0.3 is 4.90 Å². The zero-order chi connectivity index (χ0) is 9.47. The van der Waals surface area contributed by atoms with Crippen LogP contribution >= 0.6 is 23.2 Å². The van der Waals surface area contributed by atoms with Crippen molar-refractivity contribution in [2.24, 2.45) is 4.99 Å². The van der Waals surface area contributed by atoms with Crippen LogP contribution in [0.25, 0.3) is 0 Å². The van der Waals surface area contributed by atoms with Gasteiger partial charge in [-0.05, 0) is 26.2 Å². The summed E-state index contributed by atoms with van der Waals surface area (Å²) in [5.74, 6) is 0. The van der Waals surface area contributed by atoms with Gasteiger partial charge in [-0.3, -0.25) is 4.99 Å². The molecule has 1 unspecified atom stereocenters. The first-order valence-electron chi connectivity index (χ1n) is 4.45. The molecule has 4 heteroatoms. The minimum atomic E-state index is -0.284. The molecule has 72 valence electrons. The van der Waals surface area contributed by atoms with Gasteiger partial charge in [0.1, 0.15) is 0 Å². The Bertz CT molecular complexity index is 269. The third-order valence-corrected chi connectivity index (χ3v) is 3.39. The maximum Gasteiger partial charge on any atom is 0.197 e. The van der Waals surface area contributed by atoms with Crippen molar-refractivity contribution in [3.8, 4) is 0 Å². The van der Waals surface area contributed by atoms with Gasteiger partial charge in [0.2, 0.25) is 0 Å². The molecule has 2 aliphatic rings. The smallest absolute Gasteiger partial charge is 0.197 e. The Kier molecular flexibility index (Phi) is 2.28. The molecule has 1 aliphatic heterocycles. The van der Waals surface area contributed by atoms with Crippen LogP contribution in [0.2, 0.25) is 0 Å². The summed E-state index contributed by atoms with van der Waals surface area (Å²) >= 11 is 11.9. The highest BCUT2D eigenvalue weighted by atomic mass is 35.5. The number of halogens is 2. The summed E-state index contributed by atoms with van der Waals surface area (Å²) < 4.78 is 0. The molecular formula is C9H12Cl2N2. The average Bonchev–Trinajstić information content (AvgIpc) is 2.05. The van der Waals surface area contributed by atoms with Crippen LogP contribution < -0.4 is 0 Å². The van der Waals surface area contributed by atoms with Crippen LogP contribution in [-0.4, -0.2) is 22.3 Å². The molecule has 1 atom stereocenters. The lowest BCUT2D eigenvalue weighted by atomic mass is 9.77. The minimum absolute atomic E-state index is 0.171. The van der Waals surface area contributed by atoms with Gasteiger partial charge in [0, 0.05) is 18.0 Å². The van der Waals surface area contributed by atoms with Crippen LogP contribution in [0.5, 0.6) is 0 Å². The molecule has 0 N–H and O–H groups in total. The van der Waals surface area contributed by atoms with Crippen molar-refractivity contribution in [3.05, 3.63) is 11.2 Å². The third-order valence-electron chi connectivity index (χ3n) is 2.87. The highest BCUT2D eigenvalue weighted by Crippen LogP contribution is 2.40. The highest BCUT2D eigenvalue weighted by molar-refractivity contribution is 6.39. The van der Waals surface area contributed by atoms with Crippen molar-refractivity contribution in [3.63, 3.8) is 0 Å². The molecule has 0 aromatic carbocycles. The second kappa shape index (κ2) is 3.18. The number of rotatable bonds is 1. The summed E-state index contributed by atoms with van der Waals surface area (Å²) in [4.78, 5) is 6.16. The summed E-state index contributed by atoms with van der Waals surface area (Å²) in [6.45, 7) is 2.20. The maximum absolute atomic E-state index is 6.07. The van der Waals surface area contributed by atoms with Gasteiger partial charge in [0.15, 0.2) is 5.62 Å². The number of nitrogens with zero attached hydrogens (tertiary/aromatic N) is 2. The van der Waals surface area contributed by atoms with Crippen LogP contribution in [0.3, 0.4) is 0 Å². The van der Waals surface area contributed by atoms with E-state index in [9.17, 15) is 0 Å². The summed E-state index contributed by atoms with van der Waals surface area (Å²) in [5, 5.41) is 0.657. The highest BCUT2D eigenvalue weighted by Gasteiger charge is 2.40. The number of hydrogen-bond donors (Lipinski definition) is 0. The number of aliphatic imine (C=N–C) groups is 1. The number of allylic oxidation sites excluding steroid dienone is 1. The Balaban J connectivity index is 2.18. The molecule has 0 aromatic heterocycles. The van der Waals surface area contributed by atoms with Gasteiger partial charge in [-0.25, -0.2) is 0 Å². The molecule has 0 spiro atoms. The van der Waals surface area contributed by atoms with Crippen molar-refractivity contribution in [2.75, 3.05) is 0 Å². The molecule has 1 heterocycles. The second-order valence-electron chi connectivity index (χ2n) is 3.86. The van der Waals surface area contributed by atoms with Crippen molar-refractivity contribution in [2.45, 2.75) is 37.4 Å². The van der Waals surface area contributed by atoms with Gasteiger partial charge in [0.05, 0.1) is 5.03 Å². The zero-order valence-corrected chi connectivity index (χ0v) is 9.02. The molecule has 1 fully saturated rings. The first-order valence-corrected chi connectivity index (χ1v) is 5.26. The van der Waals surface area contributed by atoms with Crippen LogP contribution in [0.4, 0.5) is 0 Å². The Morgan fingerprint density at radius 3 is 2.85 bits per heavy atom. The Labute approximate surface area is 88.2 Å². The van der Waals surface area contributed by atoms with Gasteiger partial charge in [-0.1, -0.05) is 23.2 Å². The van der Waals surface area contributed by atoms with E-state index < -0.39 is 0 Å². The Hall–Kier alpha value is -0.210. The van der Waals surface area contributed by atoms with Crippen molar-refractivity contribution in [1.29, 1.82) is 0 Å². The topological polar surface area (TPSA) is 15.6 Å². The molecule has 0 amide bonds. The van der Waals surface area contributed by atoms with Crippen molar-refractivity contribution in [1.82, 2.24) is 4.90 Å². The summed E-state index contributed by atoms with van der Waals surface area (Å²) in [5.41, 5.74) is -0.113. The normalized spacial score (nSPS) is 31.2. The predicted molar refractivity (Wildman–Crippen MR) is 56.2 cm³/mol. The third kappa shape index (κ3) is 1.57. The van der Waals surface area contributed by atoms with Gasteiger partial charge in [-0.15, -0.1) is 0 Å². The van der Waals surface area contributed by atoms with Crippen LogP contribution in [0, 0.1) is 0 Å². The Morgan fingerprint density at radius 2 is 2.31 bits per heavy atom.